The smallest absolute Gasteiger partial charge is 0.244 e. The van der Waals surface area contributed by atoms with Crippen molar-refractivity contribution in [3.8, 4) is 0 Å². The lowest BCUT2D eigenvalue weighted by molar-refractivity contribution is -0.121. The number of carbonyl (C=O) groups excluding carboxylic acids is 1. The van der Waals surface area contributed by atoms with Crippen LogP contribution in [0, 0.1) is 6.92 Å². The van der Waals surface area contributed by atoms with E-state index in [1.54, 1.807) is 10.9 Å². The summed E-state index contributed by atoms with van der Waals surface area (Å²) in [5.41, 5.74) is 6.96. The topological polar surface area (TPSA) is 72.9 Å². The Kier molecular flexibility index (Phi) is 2.71. The number of aryl methyl sites for hydroxylation is 2. The van der Waals surface area contributed by atoms with Gasteiger partial charge in [-0.15, -0.1) is 0 Å². The molecule has 0 saturated heterocycles. The lowest BCUT2D eigenvalue weighted by Gasteiger charge is -2.21. The fraction of sp³-hybridized carbons (Fsp3) is 0.636. The van der Waals surface area contributed by atoms with E-state index in [4.69, 9.17) is 5.73 Å². The van der Waals surface area contributed by atoms with Crippen LogP contribution in [0.2, 0.25) is 0 Å². The summed E-state index contributed by atoms with van der Waals surface area (Å²) in [6.07, 6.45) is 5.42. The fourth-order valence-electron chi connectivity index (χ4n) is 2.20. The minimum atomic E-state index is -0.678. The Labute approximate surface area is 95.0 Å². The molecular formula is C11H18N4O. The van der Waals surface area contributed by atoms with Gasteiger partial charge in [0.05, 0.1) is 16.9 Å². The van der Waals surface area contributed by atoms with Gasteiger partial charge in [0.1, 0.15) is 0 Å². The van der Waals surface area contributed by atoms with Gasteiger partial charge in [-0.3, -0.25) is 9.48 Å². The van der Waals surface area contributed by atoms with Gasteiger partial charge in [0.25, 0.3) is 0 Å². The standard InChI is InChI=1S/C11H18N4O/c1-8-9(7-15(2)14-8)13-10(16)11(12)5-3-4-6-11/h7H,3-6,12H2,1-2H3,(H,13,16). The first-order valence-corrected chi connectivity index (χ1v) is 5.62. The second kappa shape index (κ2) is 3.90. The number of nitrogens with two attached hydrogens (primary N) is 1. The second-order valence-electron chi connectivity index (χ2n) is 4.62. The van der Waals surface area contributed by atoms with Crippen LogP contribution < -0.4 is 11.1 Å². The molecular weight excluding hydrogens is 204 g/mol. The van der Waals surface area contributed by atoms with Gasteiger partial charge in [-0.25, -0.2) is 0 Å². The molecule has 0 spiro atoms. The molecule has 1 saturated carbocycles. The number of carbonyl (C=O) groups is 1. The Hall–Kier alpha value is -1.36. The molecule has 1 aliphatic rings. The van der Waals surface area contributed by atoms with Gasteiger partial charge in [-0.1, -0.05) is 12.8 Å². The number of nitrogens with one attached hydrogen (secondary N) is 1. The Bertz CT molecular complexity index is 404. The third kappa shape index (κ3) is 1.95. The van der Waals surface area contributed by atoms with Crippen LogP contribution >= 0.6 is 0 Å². The van der Waals surface area contributed by atoms with Crippen molar-refractivity contribution in [3.05, 3.63) is 11.9 Å². The Morgan fingerprint density at radius 1 is 1.56 bits per heavy atom. The SMILES string of the molecule is Cc1nn(C)cc1NC(=O)C1(N)CCCC1. The highest BCUT2D eigenvalue weighted by molar-refractivity contribution is 5.98. The predicted octanol–water partition coefficient (Wildman–Crippen LogP) is 0.939. The van der Waals surface area contributed by atoms with E-state index in [2.05, 4.69) is 10.4 Å². The molecule has 2 rings (SSSR count). The predicted molar refractivity (Wildman–Crippen MR) is 62.0 cm³/mol. The molecule has 0 bridgehead atoms. The maximum Gasteiger partial charge on any atom is 0.244 e. The van der Waals surface area contributed by atoms with E-state index in [0.29, 0.717) is 0 Å². The number of aromatic nitrogens is 2. The van der Waals surface area contributed by atoms with Gasteiger partial charge in [-0.05, 0) is 19.8 Å². The average Bonchev–Trinajstić information content (AvgIpc) is 2.75. The van der Waals surface area contributed by atoms with Gasteiger partial charge in [-0.2, -0.15) is 5.10 Å². The van der Waals surface area contributed by atoms with Crippen LogP contribution in [0.1, 0.15) is 31.4 Å². The number of amides is 1. The van der Waals surface area contributed by atoms with Crippen LogP contribution in [0.15, 0.2) is 6.20 Å². The van der Waals surface area contributed by atoms with Crippen molar-refractivity contribution in [2.75, 3.05) is 5.32 Å². The number of hydrogen-bond donors (Lipinski definition) is 2. The quantitative estimate of drug-likeness (QED) is 0.782. The number of hydrogen-bond acceptors (Lipinski definition) is 3. The zero-order valence-corrected chi connectivity index (χ0v) is 9.79. The largest absolute Gasteiger partial charge is 0.322 e. The molecule has 88 valence electrons. The first-order chi connectivity index (χ1) is 7.51. The second-order valence-corrected chi connectivity index (χ2v) is 4.62. The van der Waals surface area contributed by atoms with Gasteiger partial charge in [0.15, 0.2) is 0 Å². The first-order valence-electron chi connectivity index (χ1n) is 5.62. The summed E-state index contributed by atoms with van der Waals surface area (Å²) in [7, 11) is 1.83. The van der Waals surface area contributed by atoms with Crippen LogP contribution in [-0.2, 0) is 11.8 Å². The zero-order chi connectivity index (χ0) is 11.8. The van der Waals surface area contributed by atoms with Crippen molar-refractivity contribution < 1.29 is 4.79 Å². The summed E-state index contributed by atoms with van der Waals surface area (Å²) in [6, 6.07) is 0. The molecule has 3 N–H and O–H groups in total. The summed E-state index contributed by atoms with van der Waals surface area (Å²) in [5.74, 6) is -0.0823. The number of rotatable bonds is 2. The van der Waals surface area contributed by atoms with Crippen LogP contribution in [0.25, 0.3) is 0 Å². The molecule has 1 amide bonds. The van der Waals surface area contributed by atoms with E-state index in [1.165, 1.54) is 0 Å². The molecule has 1 aliphatic carbocycles. The van der Waals surface area contributed by atoms with E-state index < -0.39 is 5.54 Å². The highest BCUT2D eigenvalue weighted by Crippen LogP contribution is 2.28. The normalized spacial score (nSPS) is 18.7. The van der Waals surface area contributed by atoms with Crippen molar-refractivity contribution >= 4 is 11.6 Å². The van der Waals surface area contributed by atoms with Gasteiger partial charge in [0.2, 0.25) is 5.91 Å². The molecule has 1 aromatic heterocycles. The number of nitrogens with zero attached hydrogens (tertiary/aromatic N) is 2. The van der Waals surface area contributed by atoms with Gasteiger partial charge in [0, 0.05) is 13.2 Å². The van der Waals surface area contributed by atoms with Crippen molar-refractivity contribution in [1.29, 1.82) is 0 Å². The Morgan fingerprint density at radius 3 is 2.69 bits per heavy atom. The summed E-state index contributed by atoms with van der Waals surface area (Å²) in [5, 5.41) is 7.04. The lowest BCUT2D eigenvalue weighted by Crippen LogP contribution is -2.48. The van der Waals surface area contributed by atoms with Crippen molar-refractivity contribution in [3.63, 3.8) is 0 Å². The summed E-state index contributed by atoms with van der Waals surface area (Å²) >= 11 is 0. The fourth-order valence-corrected chi connectivity index (χ4v) is 2.20. The minimum Gasteiger partial charge on any atom is -0.322 e. The molecule has 1 heterocycles. The molecule has 0 radical (unpaired) electrons. The lowest BCUT2D eigenvalue weighted by atomic mass is 9.98. The molecule has 0 unspecified atom stereocenters. The highest BCUT2D eigenvalue weighted by Gasteiger charge is 2.37. The molecule has 0 aliphatic heterocycles. The maximum atomic E-state index is 12.0. The molecule has 16 heavy (non-hydrogen) atoms. The summed E-state index contributed by atoms with van der Waals surface area (Å²) in [6.45, 7) is 1.87. The van der Waals surface area contributed by atoms with E-state index >= 15 is 0 Å². The molecule has 1 aromatic rings. The maximum absolute atomic E-state index is 12.0. The summed E-state index contributed by atoms with van der Waals surface area (Å²) in [4.78, 5) is 12.0. The van der Waals surface area contributed by atoms with Crippen LogP contribution in [-0.4, -0.2) is 21.2 Å². The van der Waals surface area contributed by atoms with Gasteiger partial charge >= 0.3 is 0 Å². The van der Waals surface area contributed by atoms with Crippen molar-refractivity contribution in [2.24, 2.45) is 12.8 Å². The van der Waals surface area contributed by atoms with Crippen LogP contribution in [0.3, 0.4) is 0 Å². The summed E-state index contributed by atoms with van der Waals surface area (Å²) < 4.78 is 1.68. The molecule has 0 aromatic carbocycles. The van der Waals surface area contributed by atoms with E-state index in [-0.39, 0.29) is 5.91 Å². The van der Waals surface area contributed by atoms with Crippen molar-refractivity contribution in [2.45, 2.75) is 38.1 Å². The molecule has 5 heteroatoms. The average molecular weight is 222 g/mol. The Balaban J connectivity index is 2.10. The van der Waals surface area contributed by atoms with E-state index in [0.717, 1.165) is 37.1 Å². The van der Waals surface area contributed by atoms with Crippen molar-refractivity contribution in [1.82, 2.24) is 9.78 Å². The van der Waals surface area contributed by atoms with Crippen LogP contribution in [0.4, 0.5) is 5.69 Å². The van der Waals surface area contributed by atoms with Crippen LogP contribution in [0.5, 0.6) is 0 Å². The highest BCUT2D eigenvalue weighted by atomic mass is 16.2. The first kappa shape index (κ1) is 11.1. The third-order valence-corrected chi connectivity index (χ3v) is 3.21. The number of anilines is 1. The van der Waals surface area contributed by atoms with E-state index in [1.807, 2.05) is 14.0 Å². The van der Waals surface area contributed by atoms with E-state index in [9.17, 15) is 4.79 Å². The minimum absolute atomic E-state index is 0.0823. The molecule has 5 nitrogen and oxygen atoms in total. The van der Waals surface area contributed by atoms with Gasteiger partial charge < -0.3 is 11.1 Å². The third-order valence-electron chi connectivity index (χ3n) is 3.21. The monoisotopic (exact) mass is 222 g/mol. The molecule has 1 fully saturated rings. The molecule has 0 atom stereocenters. The Morgan fingerprint density at radius 2 is 2.19 bits per heavy atom. The zero-order valence-electron chi connectivity index (χ0n) is 9.79.